The SMILES string of the molecule is CNC(c1cc(F)ccc1OC)C1CCCNC1. The van der Waals surface area contributed by atoms with Crippen molar-refractivity contribution in [2.24, 2.45) is 5.92 Å². The fourth-order valence-electron chi connectivity index (χ4n) is 2.76. The normalized spacial score (nSPS) is 21.6. The van der Waals surface area contributed by atoms with Crippen LogP contribution in [-0.2, 0) is 0 Å². The molecule has 18 heavy (non-hydrogen) atoms. The molecule has 2 atom stereocenters. The highest BCUT2D eigenvalue weighted by Gasteiger charge is 2.26. The van der Waals surface area contributed by atoms with E-state index in [1.54, 1.807) is 19.2 Å². The van der Waals surface area contributed by atoms with Crippen LogP contribution in [0.15, 0.2) is 18.2 Å². The van der Waals surface area contributed by atoms with Gasteiger partial charge in [-0.05, 0) is 57.1 Å². The molecule has 1 aliphatic heterocycles. The number of halogens is 1. The van der Waals surface area contributed by atoms with Gasteiger partial charge < -0.3 is 15.4 Å². The van der Waals surface area contributed by atoms with Crippen molar-refractivity contribution in [2.45, 2.75) is 18.9 Å². The third-order valence-corrected chi connectivity index (χ3v) is 3.64. The molecule has 0 bridgehead atoms. The maximum Gasteiger partial charge on any atom is 0.123 e. The Morgan fingerprint density at radius 1 is 1.50 bits per heavy atom. The molecule has 0 saturated carbocycles. The predicted octanol–water partition coefficient (Wildman–Crippen LogP) is 2.09. The number of nitrogens with one attached hydrogen (secondary N) is 2. The third-order valence-electron chi connectivity index (χ3n) is 3.64. The first kappa shape index (κ1) is 13.3. The summed E-state index contributed by atoms with van der Waals surface area (Å²) in [6.45, 7) is 2.04. The number of benzene rings is 1. The molecule has 0 radical (unpaired) electrons. The molecule has 1 aliphatic rings. The van der Waals surface area contributed by atoms with Crippen LogP contribution in [0.3, 0.4) is 0 Å². The molecule has 100 valence electrons. The Kier molecular flexibility index (Phi) is 4.55. The maximum absolute atomic E-state index is 13.4. The van der Waals surface area contributed by atoms with Gasteiger partial charge in [0.05, 0.1) is 7.11 Å². The van der Waals surface area contributed by atoms with Crippen LogP contribution < -0.4 is 15.4 Å². The molecule has 1 heterocycles. The van der Waals surface area contributed by atoms with E-state index < -0.39 is 0 Å². The van der Waals surface area contributed by atoms with E-state index in [4.69, 9.17) is 4.74 Å². The second kappa shape index (κ2) is 6.16. The van der Waals surface area contributed by atoms with Gasteiger partial charge in [-0.25, -0.2) is 4.39 Å². The van der Waals surface area contributed by atoms with Gasteiger partial charge in [0.15, 0.2) is 0 Å². The van der Waals surface area contributed by atoms with Crippen LogP contribution in [0.5, 0.6) is 5.75 Å². The zero-order valence-corrected chi connectivity index (χ0v) is 11.0. The van der Waals surface area contributed by atoms with Crippen molar-refractivity contribution in [2.75, 3.05) is 27.2 Å². The lowest BCUT2D eigenvalue weighted by atomic mass is 9.87. The third kappa shape index (κ3) is 2.82. The zero-order valence-electron chi connectivity index (χ0n) is 11.0. The smallest absolute Gasteiger partial charge is 0.123 e. The van der Waals surface area contributed by atoms with Gasteiger partial charge in [-0.15, -0.1) is 0 Å². The molecular weight excluding hydrogens is 231 g/mol. The largest absolute Gasteiger partial charge is 0.496 e. The highest BCUT2D eigenvalue weighted by Crippen LogP contribution is 2.33. The van der Waals surface area contributed by atoms with E-state index in [9.17, 15) is 4.39 Å². The zero-order chi connectivity index (χ0) is 13.0. The number of rotatable bonds is 4. The number of piperidine rings is 1. The number of methoxy groups -OCH3 is 1. The topological polar surface area (TPSA) is 33.3 Å². The molecule has 1 fully saturated rings. The maximum atomic E-state index is 13.4. The predicted molar refractivity (Wildman–Crippen MR) is 70.3 cm³/mol. The highest BCUT2D eigenvalue weighted by atomic mass is 19.1. The highest BCUT2D eigenvalue weighted by molar-refractivity contribution is 5.37. The molecule has 0 aromatic heterocycles. The standard InChI is InChI=1S/C14H21FN2O/c1-16-14(10-4-3-7-17-9-10)12-8-11(15)5-6-13(12)18-2/h5-6,8,10,14,16-17H,3-4,7,9H2,1-2H3. The number of hydrogen-bond donors (Lipinski definition) is 2. The molecule has 1 aromatic rings. The van der Waals surface area contributed by atoms with Crippen LogP contribution in [0.1, 0.15) is 24.4 Å². The first-order chi connectivity index (χ1) is 8.76. The Bertz CT molecular complexity index is 391. The van der Waals surface area contributed by atoms with Crippen LogP contribution in [0, 0.1) is 11.7 Å². The van der Waals surface area contributed by atoms with Crippen molar-refractivity contribution < 1.29 is 9.13 Å². The van der Waals surface area contributed by atoms with E-state index in [1.165, 1.54) is 12.5 Å². The summed E-state index contributed by atoms with van der Waals surface area (Å²) in [7, 11) is 3.55. The molecular formula is C14H21FN2O. The Balaban J connectivity index is 2.27. The van der Waals surface area contributed by atoms with Gasteiger partial charge in [0.1, 0.15) is 11.6 Å². The Labute approximate surface area is 108 Å². The van der Waals surface area contributed by atoms with Gasteiger partial charge in [-0.1, -0.05) is 0 Å². The fraction of sp³-hybridized carbons (Fsp3) is 0.571. The molecule has 3 nitrogen and oxygen atoms in total. The molecule has 0 amide bonds. The molecule has 0 spiro atoms. The van der Waals surface area contributed by atoms with E-state index in [0.717, 1.165) is 30.8 Å². The summed E-state index contributed by atoms with van der Waals surface area (Å²) in [4.78, 5) is 0. The minimum absolute atomic E-state index is 0.128. The first-order valence-electron chi connectivity index (χ1n) is 6.47. The molecule has 2 N–H and O–H groups in total. The van der Waals surface area contributed by atoms with Crippen LogP contribution in [0.4, 0.5) is 4.39 Å². The van der Waals surface area contributed by atoms with E-state index in [1.807, 2.05) is 7.05 Å². The second-order valence-electron chi connectivity index (χ2n) is 4.76. The van der Waals surface area contributed by atoms with Crippen molar-refractivity contribution in [1.29, 1.82) is 0 Å². The minimum atomic E-state index is -0.213. The summed E-state index contributed by atoms with van der Waals surface area (Å²) in [6, 6.07) is 4.84. The Hall–Kier alpha value is -1.13. The van der Waals surface area contributed by atoms with Crippen LogP contribution >= 0.6 is 0 Å². The van der Waals surface area contributed by atoms with Crippen LogP contribution in [0.2, 0.25) is 0 Å². The van der Waals surface area contributed by atoms with Gasteiger partial charge >= 0.3 is 0 Å². The summed E-state index contributed by atoms with van der Waals surface area (Å²) < 4.78 is 18.8. The summed E-state index contributed by atoms with van der Waals surface area (Å²) in [5.74, 6) is 1.01. The van der Waals surface area contributed by atoms with Gasteiger partial charge in [0, 0.05) is 11.6 Å². The quantitative estimate of drug-likeness (QED) is 0.861. The van der Waals surface area contributed by atoms with E-state index in [-0.39, 0.29) is 11.9 Å². The molecule has 1 saturated heterocycles. The lowest BCUT2D eigenvalue weighted by Gasteiger charge is -2.31. The fourth-order valence-corrected chi connectivity index (χ4v) is 2.76. The van der Waals surface area contributed by atoms with Gasteiger partial charge in [0.25, 0.3) is 0 Å². The molecule has 1 aromatic carbocycles. The van der Waals surface area contributed by atoms with E-state index in [0.29, 0.717) is 5.92 Å². The van der Waals surface area contributed by atoms with Crippen LogP contribution in [-0.4, -0.2) is 27.2 Å². The Morgan fingerprint density at radius 2 is 2.33 bits per heavy atom. The van der Waals surface area contributed by atoms with Crippen molar-refractivity contribution in [1.82, 2.24) is 10.6 Å². The second-order valence-corrected chi connectivity index (χ2v) is 4.76. The number of ether oxygens (including phenoxy) is 1. The summed E-state index contributed by atoms with van der Waals surface area (Å²) in [6.07, 6.45) is 2.32. The summed E-state index contributed by atoms with van der Waals surface area (Å²) in [5, 5.41) is 6.70. The summed E-state index contributed by atoms with van der Waals surface area (Å²) >= 11 is 0. The molecule has 4 heteroatoms. The van der Waals surface area contributed by atoms with E-state index in [2.05, 4.69) is 10.6 Å². The lowest BCUT2D eigenvalue weighted by Crippen LogP contribution is -2.37. The van der Waals surface area contributed by atoms with Gasteiger partial charge in [-0.3, -0.25) is 0 Å². The van der Waals surface area contributed by atoms with Crippen molar-refractivity contribution in [3.63, 3.8) is 0 Å². The number of hydrogen-bond acceptors (Lipinski definition) is 3. The van der Waals surface area contributed by atoms with Gasteiger partial charge in [0.2, 0.25) is 0 Å². The molecule has 0 aliphatic carbocycles. The summed E-state index contributed by atoms with van der Waals surface area (Å²) in [5.41, 5.74) is 0.911. The average Bonchev–Trinajstić information content (AvgIpc) is 2.41. The molecule has 2 rings (SSSR count). The lowest BCUT2D eigenvalue weighted by molar-refractivity contribution is 0.290. The van der Waals surface area contributed by atoms with Crippen molar-refractivity contribution in [3.05, 3.63) is 29.6 Å². The van der Waals surface area contributed by atoms with Crippen molar-refractivity contribution >= 4 is 0 Å². The minimum Gasteiger partial charge on any atom is -0.496 e. The molecule has 2 unspecified atom stereocenters. The monoisotopic (exact) mass is 252 g/mol. The average molecular weight is 252 g/mol. The Morgan fingerprint density at radius 3 is 2.94 bits per heavy atom. The van der Waals surface area contributed by atoms with Gasteiger partial charge in [-0.2, -0.15) is 0 Å². The first-order valence-corrected chi connectivity index (χ1v) is 6.47. The van der Waals surface area contributed by atoms with Crippen LogP contribution in [0.25, 0.3) is 0 Å². The van der Waals surface area contributed by atoms with Crippen molar-refractivity contribution in [3.8, 4) is 5.75 Å². The van der Waals surface area contributed by atoms with E-state index >= 15 is 0 Å².